The van der Waals surface area contributed by atoms with Gasteiger partial charge in [0.05, 0.1) is 5.03 Å². The minimum atomic E-state index is 0.904. The molecule has 0 spiro atoms. The minimum Gasteiger partial charge on any atom is -0.0833 e. The van der Waals surface area contributed by atoms with Crippen LogP contribution < -0.4 is 0 Å². The minimum absolute atomic E-state index is 0.904. The molecule has 0 aliphatic heterocycles. The van der Waals surface area contributed by atoms with E-state index in [1.165, 1.54) is 22.3 Å². The van der Waals surface area contributed by atoms with E-state index in [2.05, 4.69) is 42.5 Å². The molecule has 0 saturated carbocycles. The number of allylic oxidation sites excluding steroid dienone is 1. The zero-order chi connectivity index (χ0) is 11.0. The van der Waals surface area contributed by atoms with Gasteiger partial charge in [-0.15, -0.1) is 0 Å². The van der Waals surface area contributed by atoms with Crippen molar-refractivity contribution >= 4 is 22.2 Å². The molecule has 0 bridgehead atoms. The third-order valence-corrected chi connectivity index (χ3v) is 3.44. The number of fused-ring (bicyclic) bond motifs is 1. The van der Waals surface area contributed by atoms with Gasteiger partial charge in [0, 0.05) is 6.42 Å². The molecule has 16 heavy (non-hydrogen) atoms. The van der Waals surface area contributed by atoms with Crippen LogP contribution in [-0.4, -0.2) is 0 Å². The first-order chi connectivity index (χ1) is 7.86. The van der Waals surface area contributed by atoms with Gasteiger partial charge < -0.3 is 0 Å². The van der Waals surface area contributed by atoms with Gasteiger partial charge in [-0.2, -0.15) is 0 Å². The van der Waals surface area contributed by atoms with E-state index in [-0.39, 0.29) is 0 Å². The van der Waals surface area contributed by atoms with Crippen molar-refractivity contribution in [3.05, 3.63) is 71.3 Å². The van der Waals surface area contributed by atoms with E-state index in [1.54, 1.807) is 0 Å². The molecule has 78 valence electrons. The van der Waals surface area contributed by atoms with Crippen molar-refractivity contribution in [1.82, 2.24) is 0 Å². The maximum Gasteiger partial charge on any atom is 0.0522 e. The molecule has 0 heterocycles. The summed E-state index contributed by atoms with van der Waals surface area (Å²) in [5.41, 5.74) is 4.97. The second-order valence-electron chi connectivity index (χ2n) is 3.99. The Kier molecular flexibility index (Phi) is 2.30. The molecule has 0 aromatic heterocycles. The Hall–Kier alpha value is -1.53. The fraction of sp³-hybridized carbons (Fsp3) is 0.0667. The summed E-state index contributed by atoms with van der Waals surface area (Å²) in [6.45, 7) is 0. The van der Waals surface area contributed by atoms with Crippen LogP contribution in [0.2, 0.25) is 0 Å². The Bertz CT molecular complexity index is 553. The summed E-state index contributed by atoms with van der Waals surface area (Å²) in [6, 6.07) is 18.7. The van der Waals surface area contributed by atoms with Gasteiger partial charge >= 0.3 is 0 Å². The van der Waals surface area contributed by atoms with E-state index in [4.69, 9.17) is 11.6 Å². The zero-order valence-corrected chi connectivity index (χ0v) is 9.54. The average Bonchev–Trinajstić information content (AvgIpc) is 2.69. The maximum absolute atomic E-state index is 6.42. The molecule has 0 unspecified atom stereocenters. The topological polar surface area (TPSA) is 0 Å². The number of hydrogen-bond acceptors (Lipinski definition) is 0. The van der Waals surface area contributed by atoms with Crippen molar-refractivity contribution in [3.63, 3.8) is 0 Å². The molecule has 1 heteroatoms. The SMILES string of the molecule is ClC1=C(c2ccccc2)Cc2ccccc21. The molecular formula is C15H11Cl. The molecule has 1 aliphatic rings. The van der Waals surface area contributed by atoms with Crippen molar-refractivity contribution in [3.8, 4) is 0 Å². The fourth-order valence-electron chi connectivity index (χ4n) is 2.19. The third-order valence-electron chi connectivity index (χ3n) is 3.01. The van der Waals surface area contributed by atoms with Gasteiger partial charge in [-0.3, -0.25) is 0 Å². The van der Waals surface area contributed by atoms with E-state index in [9.17, 15) is 0 Å². The van der Waals surface area contributed by atoms with E-state index < -0.39 is 0 Å². The van der Waals surface area contributed by atoms with Crippen LogP contribution in [0.3, 0.4) is 0 Å². The summed E-state index contributed by atoms with van der Waals surface area (Å²) in [6.07, 6.45) is 0.943. The van der Waals surface area contributed by atoms with Crippen LogP contribution in [-0.2, 0) is 6.42 Å². The van der Waals surface area contributed by atoms with E-state index >= 15 is 0 Å². The molecule has 2 aromatic carbocycles. The Labute approximate surface area is 100 Å². The molecular weight excluding hydrogens is 216 g/mol. The third kappa shape index (κ3) is 1.46. The van der Waals surface area contributed by atoms with Crippen LogP contribution in [0.15, 0.2) is 54.6 Å². The highest BCUT2D eigenvalue weighted by Gasteiger charge is 2.20. The molecule has 0 radical (unpaired) electrons. The normalized spacial score (nSPS) is 14.1. The van der Waals surface area contributed by atoms with Crippen LogP contribution in [0.4, 0.5) is 0 Å². The quantitative estimate of drug-likeness (QED) is 0.678. The van der Waals surface area contributed by atoms with Crippen molar-refractivity contribution < 1.29 is 0 Å². The Morgan fingerprint density at radius 2 is 1.50 bits per heavy atom. The van der Waals surface area contributed by atoms with Gasteiger partial charge in [-0.05, 0) is 22.3 Å². The first-order valence-electron chi connectivity index (χ1n) is 5.38. The molecule has 0 amide bonds. The monoisotopic (exact) mass is 226 g/mol. The zero-order valence-electron chi connectivity index (χ0n) is 8.78. The predicted octanol–water partition coefficient (Wildman–Crippen LogP) is 4.35. The van der Waals surface area contributed by atoms with Crippen molar-refractivity contribution in [1.29, 1.82) is 0 Å². The van der Waals surface area contributed by atoms with Crippen molar-refractivity contribution in [2.75, 3.05) is 0 Å². The van der Waals surface area contributed by atoms with Crippen molar-refractivity contribution in [2.45, 2.75) is 6.42 Å². The summed E-state index contributed by atoms with van der Waals surface area (Å²) < 4.78 is 0. The summed E-state index contributed by atoms with van der Waals surface area (Å²) >= 11 is 6.42. The number of hydrogen-bond donors (Lipinski definition) is 0. The summed E-state index contributed by atoms with van der Waals surface area (Å²) in [4.78, 5) is 0. The van der Waals surface area contributed by atoms with Gasteiger partial charge in [-0.1, -0.05) is 66.2 Å². The van der Waals surface area contributed by atoms with Crippen LogP contribution in [0.5, 0.6) is 0 Å². The summed E-state index contributed by atoms with van der Waals surface area (Å²) in [5, 5.41) is 0.904. The summed E-state index contributed by atoms with van der Waals surface area (Å²) in [5.74, 6) is 0. The van der Waals surface area contributed by atoms with Crippen molar-refractivity contribution in [2.24, 2.45) is 0 Å². The molecule has 3 rings (SSSR count). The van der Waals surface area contributed by atoms with Crippen LogP contribution in [0.1, 0.15) is 16.7 Å². The highest BCUT2D eigenvalue weighted by molar-refractivity contribution is 6.53. The highest BCUT2D eigenvalue weighted by Crippen LogP contribution is 2.40. The summed E-state index contributed by atoms with van der Waals surface area (Å²) in [7, 11) is 0. The largest absolute Gasteiger partial charge is 0.0833 e. The molecule has 1 aliphatic carbocycles. The second kappa shape index (κ2) is 3.80. The lowest BCUT2D eigenvalue weighted by atomic mass is 10.0. The molecule has 0 N–H and O–H groups in total. The fourth-order valence-corrected chi connectivity index (χ4v) is 2.55. The smallest absolute Gasteiger partial charge is 0.0522 e. The molecule has 0 saturated heterocycles. The first-order valence-corrected chi connectivity index (χ1v) is 5.76. The maximum atomic E-state index is 6.42. The molecule has 0 atom stereocenters. The van der Waals surface area contributed by atoms with Gasteiger partial charge in [0.15, 0.2) is 0 Å². The molecule has 2 aromatic rings. The van der Waals surface area contributed by atoms with Crippen LogP contribution >= 0.6 is 11.6 Å². The predicted molar refractivity (Wildman–Crippen MR) is 69.3 cm³/mol. The second-order valence-corrected chi connectivity index (χ2v) is 4.37. The van der Waals surface area contributed by atoms with Crippen LogP contribution in [0, 0.1) is 0 Å². The highest BCUT2D eigenvalue weighted by atomic mass is 35.5. The van der Waals surface area contributed by atoms with Crippen LogP contribution in [0.25, 0.3) is 10.6 Å². The first kappa shape index (κ1) is 9.68. The average molecular weight is 227 g/mol. The number of benzene rings is 2. The lowest BCUT2D eigenvalue weighted by Gasteiger charge is -2.01. The van der Waals surface area contributed by atoms with Gasteiger partial charge in [0.25, 0.3) is 0 Å². The lowest BCUT2D eigenvalue weighted by Crippen LogP contribution is -1.84. The lowest BCUT2D eigenvalue weighted by molar-refractivity contribution is 1.32. The standard InChI is InChI=1S/C15H11Cl/c16-15-13-9-5-4-8-12(13)10-14(15)11-6-2-1-3-7-11/h1-9H,10H2. The number of halogens is 1. The van der Waals surface area contributed by atoms with E-state index in [1.807, 2.05) is 12.1 Å². The van der Waals surface area contributed by atoms with E-state index in [0.29, 0.717) is 0 Å². The number of rotatable bonds is 1. The van der Waals surface area contributed by atoms with Gasteiger partial charge in [-0.25, -0.2) is 0 Å². The molecule has 0 nitrogen and oxygen atoms in total. The van der Waals surface area contributed by atoms with Gasteiger partial charge in [0.2, 0.25) is 0 Å². The Balaban J connectivity index is 2.11. The Morgan fingerprint density at radius 1 is 0.812 bits per heavy atom. The molecule has 0 fully saturated rings. The van der Waals surface area contributed by atoms with Gasteiger partial charge in [0.1, 0.15) is 0 Å². The van der Waals surface area contributed by atoms with E-state index in [0.717, 1.165) is 11.5 Å². The Morgan fingerprint density at radius 3 is 2.25 bits per heavy atom.